The van der Waals surface area contributed by atoms with E-state index < -0.39 is 5.91 Å². The first-order valence-electron chi connectivity index (χ1n) is 7.27. The first kappa shape index (κ1) is 16.9. The fourth-order valence-electron chi connectivity index (χ4n) is 2.22. The van der Waals surface area contributed by atoms with Crippen LogP contribution in [0.4, 0.5) is 5.69 Å². The summed E-state index contributed by atoms with van der Waals surface area (Å²) in [6.45, 7) is 0.151. The third-order valence-electron chi connectivity index (χ3n) is 3.50. The molecule has 2 aromatic carbocycles. The molecule has 1 N–H and O–H groups in total. The normalized spacial score (nSPS) is 12.4. The molecule has 1 amide bonds. The number of hydrogen-bond acceptors (Lipinski definition) is 5. The molecule has 0 radical (unpaired) electrons. The number of hydrogen-bond donors (Lipinski definition) is 1. The maximum atomic E-state index is 12.3. The molecule has 0 aliphatic carbocycles. The molecule has 0 bridgehead atoms. The van der Waals surface area contributed by atoms with Gasteiger partial charge in [0.1, 0.15) is 17.4 Å². The third kappa shape index (κ3) is 3.75. The Morgan fingerprint density at radius 3 is 2.60 bits per heavy atom. The number of benzene rings is 2. The fraction of sp³-hybridized carbons (Fsp3) is 0.111. The molecule has 126 valence electrons. The Labute approximate surface area is 152 Å². The van der Waals surface area contributed by atoms with Gasteiger partial charge in [-0.2, -0.15) is 5.26 Å². The molecule has 1 heterocycles. The Bertz CT molecular complexity index is 885. The number of carbonyl (C=O) groups excluding carboxylic acids is 1. The molecule has 0 saturated carbocycles. The van der Waals surface area contributed by atoms with Crippen LogP contribution in [0.2, 0.25) is 0 Å². The van der Waals surface area contributed by atoms with Gasteiger partial charge in [0.2, 0.25) is 6.79 Å². The predicted molar refractivity (Wildman–Crippen MR) is 95.5 cm³/mol. The van der Waals surface area contributed by atoms with Gasteiger partial charge >= 0.3 is 0 Å². The van der Waals surface area contributed by atoms with Crippen molar-refractivity contribution in [3.63, 3.8) is 0 Å². The van der Waals surface area contributed by atoms with Crippen LogP contribution in [0, 0.1) is 11.3 Å². The van der Waals surface area contributed by atoms with E-state index in [1.54, 1.807) is 43.5 Å². The second-order valence-electron chi connectivity index (χ2n) is 5.08. The van der Waals surface area contributed by atoms with E-state index in [1.165, 1.54) is 6.08 Å². The number of rotatable bonds is 4. The molecule has 0 atom stereocenters. The summed E-state index contributed by atoms with van der Waals surface area (Å²) in [5, 5.41) is 12.0. The molecule has 25 heavy (non-hydrogen) atoms. The minimum atomic E-state index is -0.503. The van der Waals surface area contributed by atoms with E-state index in [9.17, 15) is 10.1 Å². The fourth-order valence-corrected chi connectivity index (χ4v) is 2.66. The Morgan fingerprint density at radius 1 is 1.28 bits per heavy atom. The minimum absolute atomic E-state index is 0.0321. The smallest absolute Gasteiger partial charge is 0.266 e. The molecule has 7 heteroatoms. The number of amides is 1. The molecule has 2 aromatic rings. The first-order chi connectivity index (χ1) is 12.1. The number of halogens is 1. The Kier molecular flexibility index (Phi) is 4.91. The average molecular weight is 401 g/mol. The van der Waals surface area contributed by atoms with Gasteiger partial charge in [-0.3, -0.25) is 4.79 Å². The van der Waals surface area contributed by atoms with E-state index in [2.05, 4.69) is 21.2 Å². The van der Waals surface area contributed by atoms with Crippen molar-refractivity contribution in [1.29, 1.82) is 5.26 Å². The number of ether oxygens (including phenoxy) is 3. The number of carbonyl (C=O) groups is 1. The van der Waals surface area contributed by atoms with E-state index in [0.29, 0.717) is 33.0 Å². The summed E-state index contributed by atoms with van der Waals surface area (Å²) < 4.78 is 16.4. The van der Waals surface area contributed by atoms with Crippen molar-refractivity contribution < 1.29 is 19.0 Å². The van der Waals surface area contributed by atoms with Crippen LogP contribution in [-0.2, 0) is 4.79 Å². The number of nitriles is 1. The lowest BCUT2D eigenvalue weighted by molar-refractivity contribution is -0.112. The van der Waals surface area contributed by atoms with E-state index >= 15 is 0 Å². The van der Waals surface area contributed by atoms with Crippen LogP contribution in [0.1, 0.15) is 5.56 Å². The highest BCUT2D eigenvalue weighted by Gasteiger charge is 2.17. The summed E-state index contributed by atoms with van der Waals surface area (Å²) in [6.07, 6.45) is 1.49. The van der Waals surface area contributed by atoms with Gasteiger partial charge in [-0.05, 0) is 48.0 Å². The Hall–Kier alpha value is -2.98. The summed E-state index contributed by atoms with van der Waals surface area (Å²) in [5.41, 5.74) is 1.18. The maximum absolute atomic E-state index is 12.3. The largest absolute Gasteiger partial charge is 0.497 e. The zero-order valence-corrected chi connectivity index (χ0v) is 14.8. The van der Waals surface area contributed by atoms with Crippen LogP contribution in [-0.4, -0.2) is 19.8 Å². The summed E-state index contributed by atoms with van der Waals surface area (Å²) >= 11 is 3.40. The van der Waals surface area contributed by atoms with Crippen LogP contribution < -0.4 is 19.5 Å². The third-order valence-corrected chi connectivity index (χ3v) is 4.19. The standard InChI is InChI=1S/C18H13BrN2O4/c1-23-14-4-2-13(3-5-14)21-18(22)12(9-20)6-11-7-16-17(8-15(11)19)25-10-24-16/h2-8H,10H2,1H3,(H,21,22)/b12-6-. The van der Waals surface area contributed by atoms with E-state index in [1.807, 2.05) is 6.07 Å². The molecule has 0 fully saturated rings. The van der Waals surface area contributed by atoms with Gasteiger partial charge < -0.3 is 19.5 Å². The molecule has 3 rings (SSSR count). The lowest BCUT2D eigenvalue weighted by Gasteiger charge is -2.06. The minimum Gasteiger partial charge on any atom is -0.497 e. The van der Waals surface area contributed by atoms with Crippen LogP contribution in [0.15, 0.2) is 46.4 Å². The predicted octanol–water partition coefficient (Wildman–Crippen LogP) is 3.73. The molecule has 0 spiro atoms. The number of fused-ring (bicyclic) bond motifs is 1. The van der Waals surface area contributed by atoms with E-state index in [-0.39, 0.29) is 12.4 Å². The monoisotopic (exact) mass is 400 g/mol. The van der Waals surface area contributed by atoms with Crippen molar-refractivity contribution in [2.24, 2.45) is 0 Å². The highest BCUT2D eigenvalue weighted by molar-refractivity contribution is 9.10. The van der Waals surface area contributed by atoms with Crippen molar-refractivity contribution >= 4 is 33.6 Å². The first-order valence-corrected chi connectivity index (χ1v) is 8.06. The molecule has 1 aliphatic rings. The lowest BCUT2D eigenvalue weighted by atomic mass is 10.1. The molecular weight excluding hydrogens is 388 g/mol. The number of methoxy groups -OCH3 is 1. The maximum Gasteiger partial charge on any atom is 0.266 e. The quantitative estimate of drug-likeness (QED) is 0.624. The zero-order chi connectivity index (χ0) is 17.8. The summed E-state index contributed by atoms with van der Waals surface area (Å²) in [6, 6.07) is 12.2. The van der Waals surface area contributed by atoms with Gasteiger partial charge in [-0.15, -0.1) is 0 Å². The topological polar surface area (TPSA) is 80.6 Å². The second kappa shape index (κ2) is 7.28. The van der Waals surface area contributed by atoms with Crippen molar-refractivity contribution in [2.45, 2.75) is 0 Å². The van der Waals surface area contributed by atoms with Gasteiger partial charge in [0.05, 0.1) is 7.11 Å². The van der Waals surface area contributed by atoms with Crippen LogP contribution in [0.5, 0.6) is 17.2 Å². The summed E-state index contributed by atoms with van der Waals surface area (Å²) in [7, 11) is 1.56. The molecule has 6 nitrogen and oxygen atoms in total. The van der Waals surface area contributed by atoms with Gasteiger partial charge in [-0.25, -0.2) is 0 Å². The van der Waals surface area contributed by atoms with Crippen LogP contribution in [0.25, 0.3) is 6.08 Å². The molecule has 1 aliphatic heterocycles. The molecule has 0 saturated heterocycles. The van der Waals surface area contributed by atoms with Crippen molar-refractivity contribution in [2.75, 3.05) is 19.2 Å². The Morgan fingerprint density at radius 2 is 1.96 bits per heavy atom. The summed E-state index contributed by atoms with van der Waals surface area (Å²) in [4.78, 5) is 12.3. The average Bonchev–Trinajstić information content (AvgIpc) is 3.07. The van der Waals surface area contributed by atoms with Crippen LogP contribution in [0.3, 0.4) is 0 Å². The van der Waals surface area contributed by atoms with E-state index in [0.717, 1.165) is 0 Å². The molecule has 0 aromatic heterocycles. The van der Waals surface area contributed by atoms with Crippen molar-refractivity contribution in [3.05, 3.63) is 52.0 Å². The van der Waals surface area contributed by atoms with Crippen molar-refractivity contribution in [3.8, 4) is 23.3 Å². The number of nitrogens with zero attached hydrogens (tertiary/aromatic N) is 1. The van der Waals surface area contributed by atoms with Gasteiger partial charge in [0, 0.05) is 10.2 Å². The number of nitrogens with one attached hydrogen (secondary N) is 1. The lowest BCUT2D eigenvalue weighted by Crippen LogP contribution is -2.13. The van der Waals surface area contributed by atoms with Crippen LogP contribution >= 0.6 is 15.9 Å². The van der Waals surface area contributed by atoms with Gasteiger partial charge in [-0.1, -0.05) is 15.9 Å². The van der Waals surface area contributed by atoms with Gasteiger partial charge in [0.25, 0.3) is 5.91 Å². The highest BCUT2D eigenvalue weighted by atomic mass is 79.9. The summed E-state index contributed by atoms with van der Waals surface area (Å²) in [5.74, 6) is 1.36. The number of anilines is 1. The van der Waals surface area contributed by atoms with Gasteiger partial charge in [0.15, 0.2) is 11.5 Å². The SMILES string of the molecule is COc1ccc(NC(=O)/C(C#N)=C\c2cc3c(cc2Br)OCO3)cc1. The molecule has 0 unspecified atom stereocenters. The molecular formula is C18H13BrN2O4. The zero-order valence-electron chi connectivity index (χ0n) is 13.2. The van der Waals surface area contributed by atoms with E-state index in [4.69, 9.17) is 14.2 Å². The highest BCUT2D eigenvalue weighted by Crippen LogP contribution is 2.37. The Balaban J connectivity index is 1.82. The second-order valence-corrected chi connectivity index (χ2v) is 5.93. The van der Waals surface area contributed by atoms with Crippen molar-refractivity contribution in [1.82, 2.24) is 0 Å².